The fraction of sp³-hybridized carbons (Fsp3) is 0.417. The summed E-state index contributed by atoms with van der Waals surface area (Å²) in [5.74, 6) is 0.571. The summed E-state index contributed by atoms with van der Waals surface area (Å²) >= 11 is 9.36. The van der Waals surface area contributed by atoms with Crippen LogP contribution in [0.25, 0.3) is 0 Å². The predicted molar refractivity (Wildman–Crippen MR) is 68.8 cm³/mol. The van der Waals surface area contributed by atoms with E-state index in [2.05, 4.69) is 28.2 Å². The molecular weight excluding hydrogens is 289 g/mol. The molecule has 2 nitrogen and oxygen atoms in total. The number of nitrogens with one attached hydrogen (secondary N) is 1. The van der Waals surface area contributed by atoms with Crippen LogP contribution in [0.15, 0.2) is 22.7 Å². The number of carbonyl (C=O) groups excluding carboxylic acids is 1. The summed E-state index contributed by atoms with van der Waals surface area (Å²) < 4.78 is 0.754. The molecular formula is C12H13BrClNO. The monoisotopic (exact) mass is 301 g/mol. The van der Waals surface area contributed by atoms with Gasteiger partial charge in [0.15, 0.2) is 0 Å². The molecule has 2 atom stereocenters. The molecule has 86 valence electrons. The summed E-state index contributed by atoms with van der Waals surface area (Å²) in [6, 6.07) is 5.72. The molecule has 2 rings (SSSR count). The topological polar surface area (TPSA) is 29.1 Å². The van der Waals surface area contributed by atoms with E-state index in [9.17, 15) is 4.79 Å². The maximum absolute atomic E-state index is 11.9. The number of hydrogen-bond acceptors (Lipinski definition) is 1. The highest BCUT2D eigenvalue weighted by Crippen LogP contribution is 2.34. The molecule has 1 amide bonds. The fourth-order valence-electron chi connectivity index (χ4n) is 1.80. The minimum Gasteiger partial charge on any atom is -0.349 e. The second-order valence-electron chi connectivity index (χ2n) is 4.09. The lowest BCUT2D eigenvalue weighted by atomic mass is 10.2. The van der Waals surface area contributed by atoms with Crippen LogP contribution in [0, 0.1) is 5.92 Å². The van der Waals surface area contributed by atoms with E-state index in [4.69, 9.17) is 11.6 Å². The molecule has 0 spiro atoms. The summed E-state index contributed by atoms with van der Waals surface area (Å²) in [6.45, 7) is 2.14. The molecule has 2 unspecified atom stereocenters. The van der Waals surface area contributed by atoms with Crippen molar-refractivity contribution in [3.8, 4) is 0 Å². The molecule has 1 N–H and O–H groups in total. The molecule has 1 aliphatic carbocycles. The highest BCUT2D eigenvalue weighted by molar-refractivity contribution is 9.10. The Balaban J connectivity index is 2.07. The first-order valence-corrected chi connectivity index (χ1v) is 6.55. The molecule has 1 aliphatic rings. The molecule has 1 fully saturated rings. The molecule has 16 heavy (non-hydrogen) atoms. The van der Waals surface area contributed by atoms with Gasteiger partial charge in [0.2, 0.25) is 0 Å². The van der Waals surface area contributed by atoms with Crippen LogP contribution in [0.1, 0.15) is 30.1 Å². The molecule has 1 aromatic carbocycles. The molecule has 4 heteroatoms. The van der Waals surface area contributed by atoms with Crippen LogP contribution in [0.5, 0.6) is 0 Å². The van der Waals surface area contributed by atoms with Crippen molar-refractivity contribution in [2.75, 3.05) is 0 Å². The average molecular weight is 303 g/mol. The molecule has 1 saturated carbocycles. The van der Waals surface area contributed by atoms with E-state index in [0.717, 1.165) is 17.3 Å². The number of rotatable bonds is 3. The highest BCUT2D eigenvalue weighted by atomic mass is 79.9. The van der Waals surface area contributed by atoms with E-state index in [0.29, 0.717) is 22.5 Å². The van der Waals surface area contributed by atoms with Gasteiger partial charge in [0.25, 0.3) is 5.91 Å². The Morgan fingerprint density at radius 3 is 3.00 bits per heavy atom. The van der Waals surface area contributed by atoms with E-state index >= 15 is 0 Å². The Labute approximate surface area is 108 Å². The third-order valence-corrected chi connectivity index (χ3v) is 4.26. The minimum absolute atomic E-state index is 0.0766. The van der Waals surface area contributed by atoms with Crippen LogP contribution in [-0.4, -0.2) is 11.9 Å². The number of carbonyl (C=O) groups is 1. The third-order valence-electron chi connectivity index (χ3n) is 2.96. The maximum atomic E-state index is 11.9. The summed E-state index contributed by atoms with van der Waals surface area (Å²) in [5.41, 5.74) is 0.540. The van der Waals surface area contributed by atoms with Gasteiger partial charge in [0, 0.05) is 10.5 Å². The third kappa shape index (κ3) is 2.41. The van der Waals surface area contributed by atoms with Gasteiger partial charge in [-0.3, -0.25) is 4.79 Å². The lowest BCUT2D eigenvalue weighted by molar-refractivity contribution is 0.0949. The smallest absolute Gasteiger partial charge is 0.253 e. The number of hydrogen-bond donors (Lipinski definition) is 1. The molecule has 0 aliphatic heterocycles. The first kappa shape index (κ1) is 11.9. The van der Waals surface area contributed by atoms with Crippen LogP contribution in [0.4, 0.5) is 0 Å². The van der Waals surface area contributed by atoms with Crippen molar-refractivity contribution in [2.45, 2.75) is 25.8 Å². The van der Waals surface area contributed by atoms with Gasteiger partial charge < -0.3 is 5.32 Å². The molecule has 0 saturated heterocycles. The normalized spacial score (nSPS) is 22.9. The lowest BCUT2D eigenvalue weighted by Gasteiger charge is -2.07. The van der Waals surface area contributed by atoms with E-state index in [1.165, 1.54) is 0 Å². The molecule has 1 aromatic rings. The largest absolute Gasteiger partial charge is 0.349 e. The van der Waals surface area contributed by atoms with Crippen molar-refractivity contribution < 1.29 is 4.79 Å². The van der Waals surface area contributed by atoms with Crippen molar-refractivity contribution in [3.05, 3.63) is 33.3 Å². The van der Waals surface area contributed by atoms with Crippen LogP contribution in [0.2, 0.25) is 5.02 Å². The average Bonchev–Trinajstić information content (AvgIpc) is 3.00. The Morgan fingerprint density at radius 2 is 2.38 bits per heavy atom. The zero-order valence-electron chi connectivity index (χ0n) is 8.97. The summed E-state index contributed by atoms with van der Waals surface area (Å²) in [7, 11) is 0. The van der Waals surface area contributed by atoms with Gasteiger partial charge in [-0.1, -0.05) is 31.0 Å². The Morgan fingerprint density at radius 1 is 1.62 bits per heavy atom. The SMILES string of the molecule is CCC1CC1NC(=O)c1cccc(Br)c1Cl. The second-order valence-corrected chi connectivity index (χ2v) is 5.32. The van der Waals surface area contributed by atoms with Crippen molar-refractivity contribution in [2.24, 2.45) is 5.92 Å². The zero-order chi connectivity index (χ0) is 11.7. The van der Waals surface area contributed by atoms with Crippen LogP contribution < -0.4 is 5.32 Å². The van der Waals surface area contributed by atoms with Crippen molar-refractivity contribution >= 4 is 33.4 Å². The molecule has 0 bridgehead atoms. The van der Waals surface area contributed by atoms with E-state index < -0.39 is 0 Å². The van der Waals surface area contributed by atoms with Gasteiger partial charge in [-0.15, -0.1) is 0 Å². The van der Waals surface area contributed by atoms with Crippen LogP contribution in [0.3, 0.4) is 0 Å². The van der Waals surface area contributed by atoms with Crippen molar-refractivity contribution in [3.63, 3.8) is 0 Å². The van der Waals surface area contributed by atoms with Gasteiger partial charge >= 0.3 is 0 Å². The van der Waals surface area contributed by atoms with E-state index in [-0.39, 0.29) is 5.91 Å². The fourth-order valence-corrected chi connectivity index (χ4v) is 2.38. The Bertz CT molecular complexity index is 421. The Hall–Kier alpha value is -0.540. The van der Waals surface area contributed by atoms with Crippen molar-refractivity contribution in [1.82, 2.24) is 5.32 Å². The van der Waals surface area contributed by atoms with Crippen LogP contribution in [-0.2, 0) is 0 Å². The zero-order valence-corrected chi connectivity index (χ0v) is 11.3. The highest BCUT2D eigenvalue weighted by Gasteiger charge is 2.36. The van der Waals surface area contributed by atoms with Gasteiger partial charge in [-0.2, -0.15) is 0 Å². The van der Waals surface area contributed by atoms with Crippen molar-refractivity contribution in [1.29, 1.82) is 0 Å². The van der Waals surface area contributed by atoms with Gasteiger partial charge in [0.1, 0.15) is 0 Å². The molecule has 0 aromatic heterocycles. The van der Waals surface area contributed by atoms with Gasteiger partial charge in [-0.05, 0) is 40.4 Å². The number of benzene rings is 1. The standard InChI is InChI=1S/C12H13BrClNO/c1-2-7-6-10(7)15-12(16)8-4-3-5-9(13)11(8)14/h3-5,7,10H,2,6H2,1H3,(H,15,16). The number of amides is 1. The molecule has 0 heterocycles. The Kier molecular flexibility index (Phi) is 3.55. The predicted octanol–water partition coefficient (Wildman–Crippen LogP) is 3.63. The minimum atomic E-state index is -0.0766. The van der Waals surface area contributed by atoms with Gasteiger partial charge in [-0.25, -0.2) is 0 Å². The maximum Gasteiger partial charge on any atom is 0.253 e. The summed E-state index contributed by atoms with van der Waals surface area (Å²) in [5, 5.41) is 3.48. The molecule has 0 radical (unpaired) electrons. The second kappa shape index (κ2) is 4.76. The first-order chi connectivity index (χ1) is 7.63. The summed E-state index contributed by atoms with van der Waals surface area (Å²) in [6.07, 6.45) is 2.21. The van der Waals surface area contributed by atoms with Gasteiger partial charge in [0.05, 0.1) is 10.6 Å². The summed E-state index contributed by atoms with van der Waals surface area (Å²) in [4.78, 5) is 11.9. The quantitative estimate of drug-likeness (QED) is 0.907. The number of halogens is 2. The lowest BCUT2D eigenvalue weighted by Crippen LogP contribution is -2.27. The van der Waals surface area contributed by atoms with E-state index in [1.807, 2.05) is 12.1 Å². The van der Waals surface area contributed by atoms with E-state index in [1.54, 1.807) is 6.07 Å². The van der Waals surface area contributed by atoms with Crippen LogP contribution >= 0.6 is 27.5 Å². The first-order valence-electron chi connectivity index (χ1n) is 5.38.